The number of carbonyl (C=O) groups is 2. The number of rotatable bonds is 5. The van der Waals surface area contributed by atoms with Gasteiger partial charge in [0, 0.05) is 51.4 Å². The monoisotopic (exact) mass is 518 g/mol. The number of benzene rings is 3. The van der Waals surface area contributed by atoms with E-state index in [4.69, 9.17) is 0 Å². The summed E-state index contributed by atoms with van der Waals surface area (Å²) in [6.07, 6.45) is 0. The van der Waals surface area contributed by atoms with E-state index >= 15 is 0 Å². The Hall–Kier alpha value is -4.82. The summed E-state index contributed by atoms with van der Waals surface area (Å²) >= 11 is 0. The van der Waals surface area contributed by atoms with Crippen LogP contribution >= 0.6 is 0 Å². The first kappa shape index (κ1) is 25.8. The Labute approximate surface area is 228 Å². The molecule has 2 fully saturated rings. The summed E-state index contributed by atoms with van der Waals surface area (Å²) in [5, 5.41) is 18.9. The van der Waals surface area contributed by atoms with Gasteiger partial charge in [0.05, 0.1) is 29.0 Å². The number of aryl methyl sites for hydroxylation is 1. The van der Waals surface area contributed by atoms with Crippen molar-refractivity contribution in [3.8, 4) is 12.1 Å². The van der Waals surface area contributed by atoms with E-state index in [1.807, 2.05) is 82.3 Å². The van der Waals surface area contributed by atoms with E-state index in [0.29, 0.717) is 62.5 Å². The molecule has 2 aliphatic heterocycles. The van der Waals surface area contributed by atoms with Crippen molar-refractivity contribution in [1.82, 2.24) is 9.80 Å². The molecular weight excluding hydrogens is 488 g/mol. The number of para-hydroxylation sites is 2. The predicted octanol–water partition coefficient (Wildman–Crippen LogP) is 3.55. The molecule has 196 valence electrons. The fraction of sp³-hybridized carbons (Fsp3) is 0.290. The van der Waals surface area contributed by atoms with Gasteiger partial charge < -0.3 is 19.6 Å². The number of nitriles is 2. The highest BCUT2D eigenvalue weighted by Crippen LogP contribution is 2.24. The third-order valence-corrected chi connectivity index (χ3v) is 7.57. The quantitative estimate of drug-likeness (QED) is 0.513. The van der Waals surface area contributed by atoms with Crippen LogP contribution < -0.4 is 9.80 Å². The first-order chi connectivity index (χ1) is 19.0. The molecule has 3 aromatic carbocycles. The molecule has 2 saturated heterocycles. The lowest BCUT2D eigenvalue weighted by atomic mass is 10.0. The van der Waals surface area contributed by atoms with Gasteiger partial charge in [-0.2, -0.15) is 10.5 Å². The maximum absolute atomic E-state index is 13.4. The van der Waals surface area contributed by atoms with Gasteiger partial charge in [-0.25, -0.2) is 0 Å². The number of piperazine rings is 2. The van der Waals surface area contributed by atoms with E-state index < -0.39 is 0 Å². The van der Waals surface area contributed by atoms with Crippen molar-refractivity contribution in [1.29, 1.82) is 10.5 Å². The number of hydrogen-bond donors (Lipinski definition) is 0. The molecule has 8 nitrogen and oxygen atoms in total. The first-order valence-corrected chi connectivity index (χ1v) is 13.1. The molecule has 2 amide bonds. The molecule has 0 aromatic heterocycles. The van der Waals surface area contributed by atoms with Crippen molar-refractivity contribution in [2.45, 2.75) is 13.5 Å². The zero-order valence-corrected chi connectivity index (χ0v) is 22.0. The second kappa shape index (κ2) is 11.3. The smallest absolute Gasteiger partial charge is 0.253 e. The molecule has 0 atom stereocenters. The minimum Gasteiger partial charge on any atom is -0.367 e. The Balaban J connectivity index is 1.23. The molecule has 5 rings (SSSR count). The number of hydrogen-bond acceptors (Lipinski definition) is 6. The molecule has 0 spiro atoms. The largest absolute Gasteiger partial charge is 0.367 e. The first-order valence-electron chi connectivity index (χ1n) is 13.1. The van der Waals surface area contributed by atoms with E-state index in [2.05, 4.69) is 17.0 Å². The van der Waals surface area contributed by atoms with E-state index in [-0.39, 0.29) is 18.4 Å². The van der Waals surface area contributed by atoms with Crippen molar-refractivity contribution in [2.75, 3.05) is 55.6 Å². The Kier molecular flexibility index (Phi) is 7.47. The number of amides is 2. The Bertz CT molecular complexity index is 1480. The molecule has 0 unspecified atom stereocenters. The standard InChI is InChI=1S/C31H30N6O2/c1-23-10-11-24(31(39)35-14-12-34(13-15-35)28-8-4-2-6-25(28)19-32)18-27(23)21-37-17-16-36(22-30(37)38)29-9-5-3-7-26(29)20-33/h2-11,18H,12-17,21-22H2,1H3. The van der Waals surface area contributed by atoms with E-state index in [1.165, 1.54) is 0 Å². The van der Waals surface area contributed by atoms with E-state index in [1.54, 1.807) is 6.07 Å². The Morgan fingerprint density at radius 1 is 0.795 bits per heavy atom. The second-order valence-electron chi connectivity index (χ2n) is 9.92. The van der Waals surface area contributed by atoms with Crippen LogP contribution in [0.15, 0.2) is 66.7 Å². The van der Waals surface area contributed by atoms with Crippen molar-refractivity contribution in [3.05, 3.63) is 94.5 Å². The average Bonchev–Trinajstić information content (AvgIpc) is 2.98. The maximum Gasteiger partial charge on any atom is 0.253 e. The molecule has 0 saturated carbocycles. The zero-order chi connectivity index (χ0) is 27.4. The third-order valence-electron chi connectivity index (χ3n) is 7.57. The van der Waals surface area contributed by atoms with Crippen LogP contribution in [0.1, 0.15) is 32.6 Å². The van der Waals surface area contributed by atoms with E-state index in [0.717, 1.165) is 22.5 Å². The highest BCUT2D eigenvalue weighted by molar-refractivity contribution is 5.94. The molecule has 39 heavy (non-hydrogen) atoms. The van der Waals surface area contributed by atoms with Crippen molar-refractivity contribution < 1.29 is 9.59 Å². The van der Waals surface area contributed by atoms with Crippen LogP contribution in [0.5, 0.6) is 0 Å². The lowest BCUT2D eigenvalue weighted by Gasteiger charge is -2.37. The Morgan fingerprint density at radius 2 is 1.38 bits per heavy atom. The van der Waals surface area contributed by atoms with Crippen molar-refractivity contribution in [2.24, 2.45) is 0 Å². The van der Waals surface area contributed by atoms with Crippen LogP contribution in [-0.2, 0) is 11.3 Å². The lowest BCUT2D eigenvalue weighted by Crippen LogP contribution is -2.50. The summed E-state index contributed by atoms with van der Waals surface area (Å²) in [7, 11) is 0. The van der Waals surface area contributed by atoms with Gasteiger partial charge in [0.15, 0.2) is 0 Å². The van der Waals surface area contributed by atoms with Crippen LogP contribution in [0.2, 0.25) is 0 Å². The molecule has 2 aliphatic rings. The normalized spacial score (nSPS) is 15.6. The molecule has 0 aliphatic carbocycles. The second-order valence-corrected chi connectivity index (χ2v) is 9.92. The summed E-state index contributed by atoms with van der Waals surface area (Å²) in [5.41, 5.74) is 5.52. The van der Waals surface area contributed by atoms with Gasteiger partial charge in [0.1, 0.15) is 12.1 Å². The molecular formula is C31H30N6O2. The van der Waals surface area contributed by atoms with Gasteiger partial charge in [0.25, 0.3) is 5.91 Å². The van der Waals surface area contributed by atoms with Gasteiger partial charge in [-0.15, -0.1) is 0 Å². The lowest BCUT2D eigenvalue weighted by molar-refractivity contribution is -0.131. The third kappa shape index (κ3) is 5.42. The van der Waals surface area contributed by atoms with Crippen LogP contribution in [0.3, 0.4) is 0 Å². The van der Waals surface area contributed by atoms with E-state index in [9.17, 15) is 20.1 Å². The molecule has 2 heterocycles. The van der Waals surface area contributed by atoms with Crippen LogP contribution in [0, 0.1) is 29.6 Å². The molecule has 0 radical (unpaired) electrons. The van der Waals surface area contributed by atoms with Crippen LogP contribution in [0.4, 0.5) is 11.4 Å². The molecule has 8 heteroatoms. The highest BCUT2D eigenvalue weighted by atomic mass is 16.2. The van der Waals surface area contributed by atoms with Crippen molar-refractivity contribution >= 4 is 23.2 Å². The average molecular weight is 519 g/mol. The zero-order valence-electron chi connectivity index (χ0n) is 22.0. The minimum atomic E-state index is -0.0197. The van der Waals surface area contributed by atoms with Gasteiger partial charge in [-0.1, -0.05) is 30.3 Å². The summed E-state index contributed by atoms with van der Waals surface area (Å²) < 4.78 is 0. The highest BCUT2D eigenvalue weighted by Gasteiger charge is 2.27. The number of anilines is 2. The maximum atomic E-state index is 13.4. The van der Waals surface area contributed by atoms with Gasteiger partial charge >= 0.3 is 0 Å². The minimum absolute atomic E-state index is 0.00102. The summed E-state index contributed by atoms with van der Waals surface area (Å²) in [5.74, 6) is -0.0207. The SMILES string of the molecule is Cc1ccc(C(=O)N2CCN(c3ccccc3C#N)CC2)cc1CN1CCN(c2ccccc2C#N)CC1=O. The fourth-order valence-electron chi connectivity index (χ4n) is 5.28. The predicted molar refractivity (Wildman–Crippen MR) is 149 cm³/mol. The van der Waals surface area contributed by atoms with Gasteiger partial charge in [0.2, 0.25) is 5.91 Å². The molecule has 3 aromatic rings. The molecule has 0 N–H and O–H groups in total. The van der Waals surface area contributed by atoms with Gasteiger partial charge in [-0.05, 0) is 54.4 Å². The topological polar surface area (TPSA) is 94.7 Å². The van der Waals surface area contributed by atoms with Gasteiger partial charge in [-0.3, -0.25) is 9.59 Å². The Morgan fingerprint density at radius 3 is 2.00 bits per heavy atom. The number of carbonyl (C=O) groups excluding carboxylic acids is 2. The van der Waals surface area contributed by atoms with Crippen LogP contribution in [-0.4, -0.2) is 67.4 Å². The number of nitrogens with zero attached hydrogens (tertiary/aromatic N) is 6. The fourth-order valence-corrected chi connectivity index (χ4v) is 5.28. The summed E-state index contributed by atoms with van der Waals surface area (Å²) in [4.78, 5) is 34.2. The van der Waals surface area contributed by atoms with Crippen LogP contribution in [0.25, 0.3) is 0 Å². The van der Waals surface area contributed by atoms with Crippen molar-refractivity contribution in [3.63, 3.8) is 0 Å². The summed E-state index contributed by atoms with van der Waals surface area (Å²) in [6.45, 7) is 6.32. The summed E-state index contributed by atoms with van der Waals surface area (Å²) in [6, 6.07) is 25.1. The molecule has 0 bridgehead atoms.